The Hall–Kier alpha value is -2.42. The van der Waals surface area contributed by atoms with Gasteiger partial charge in [0.2, 0.25) is 5.88 Å². The zero-order chi connectivity index (χ0) is 18.5. The molecule has 3 N–H and O–H groups in total. The van der Waals surface area contributed by atoms with Gasteiger partial charge in [-0.3, -0.25) is 18.8 Å². The Labute approximate surface area is 147 Å². The lowest BCUT2D eigenvalue weighted by molar-refractivity contribution is -0.135. The van der Waals surface area contributed by atoms with Gasteiger partial charge in [0.15, 0.2) is 10.5 Å². The molecule has 0 fully saturated rings. The van der Waals surface area contributed by atoms with Gasteiger partial charge in [0.05, 0.1) is 0 Å². The third-order valence-corrected chi connectivity index (χ3v) is 5.42. The number of nitrogens with one attached hydrogen (secondary N) is 1. The zero-order valence-corrected chi connectivity index (χ0v) is 14.9. The van der Waals surface area contributed by atoms with Gasteiger partial charge in [-0.1, -0.05) is 20.8 Å². The Kier molecular flexibility index (Phi) is 4.06. The second kappa shape index (κ2) is 5.83. The minimum Gasteiger partial charge on any atom is -0.492 e. The number of rotatable bonds is 3. The van der Waals surface area contributed by atoms with E-state index in [1.165, 1.54) is 15.7 Å². The highest BCUT2D eigenvalue weighted by Crippen LogP contribution is 2.44. The van der Waals surface area contributed by atoms with Crippen LogP contribution in [0.2, 0.25) is 0 Å². The number of thiazole rings is 1. The Morgan fingerprint density at radius 1 is 1.44 bits per heavy atom. The largest absolute Gasteiger partial charge is 0.492 e. The molecular weight excluding hydrogens is 346 g/mol. The Morgan fingerprint density at radius 2 is 2.12 bits per heavy atom. The molecule has 25 heavy (non-hydrogen) atoms. The van der Waals surface area contributed by atoms with Gasteiger partial charge in [0.1, 0.15) is 6.54 Å². The maximum absolute atomic E-state index is 12.8. The molecular formula is C16H19N3O5S. The molecule has 0 aromatic carbocycles. The summed E-state index contributed by atoms with van der Waals surface area (Å²) < 4.78 is 1.38. The van der Waals surface area contributed by atoms with Gasteiger partial charge in [0, 0.05) is 10.6 Å². The Morgan fingerprint density at radius 3 is 2.76 bits per heavy atom. The van der Waals surface area contributed by atoms with Crippen LogP contribution in [0.15, 0.2) is 4.79 Å². The molecule has 0 saturated carbocycles. The van der Waals surface area contributed by atoms with Crippen LogP contribution >= 0.6 is 11.3 Å². The van der Waals surface area contributed by atoms with Crippen LogP contribution < -0.4 is 10.9 Å². The van der Waals surface area contributed by atoms with Gasteiger partial charge in [0.25, 0.3) is 11.5 Å². The topological polar surface area (TPSA) is 121 Å². The third kappa shape index (κ3) is 2.99. The van der Waals surface area contributed by atoms with Gasteiger partial charge in [-0.15, -0.1) is 11.3 Å². The number of fused-ring (bicyclic) bond motifs is 3. The molecule has 9 heteroatoms. The van der Waals surface area contributed by atoms with E-state index >= 15 is 0 Å². The van der Waals surface area contributed by atoms with Gasteiger partial charge in [-0.05, 0) is 24.2 Å². The smallest absolute Gasteiger partial charge is 0.322 e. The van der Waals surface area contributed by atoms with Crippen LogP contribution in [0.5, 0.6) is 5.88 Å². The van der Waals surface area contributed by atoms with E-state index in [4.69, 9.17) is 5.11 Å². The molecule has 0 spiro atoms. The lowest BCUT2D eigenvalue weighted by atomic mass is 9.74. The van der Waals surface area contributed by atoms with Gasteiger partial charge >= 0.3 is 5.97 Å². The summed E-state index contributed by atoms with van der Waals surface area (Å²) in [7, 11) is 0. The molecule has 2 aromatic heterocycles. The van der Waals surface area contributed by atoms with Gasteiger partial charge in [-0.25, -0.2) is 0 Å². The molecule has 1 aliphatic carbocycles. The normalized spacial score (nSPS) is 18.8. The van der Waals surface area contributed by atoms with Crippen LogP contribution in [-0.2, 0) is 11.2 Å². The highest BCUT2D eigenvalue weighted by molar-refractivity contribution is 7.17. The second-order valence-electron chi connectivity index (χ2n) is 7.17. The molecule has 8 nitrogen and oxygen atoms in total. The highest BCUT2D eigenvalue weighted by Gasteiger charge is 2.35. The van der Waals surface area contributed by atoms with Gasteiger partial charge < -0.3 is 15.5 Å². The zero-order valence-electron chi connectivity index (χ0n) is 14.1. The summed E-state index contributed by atoms with van der Waals surface area (Å²) in [4.78, 5) is 40.9. The SMILES string of the molecule is CC1CC(C)(C)Cc2sc3nc(O)c(C(=O)NCC(=O)O)c(=O)n3c21. The quantitative estimate of drug-likeness (QED) is 0.755. The average molecular weight is 365 g/mol. The van der Waals surface area contributed by atoms with Crippen molar-refractivity contribution in [3.05, 3.63) is 26.5 Å². The number of aromatic hydroxyl groups is 1. The van der Waals surface area contributed by atoms with Crippen molar-refractivity contribution in [2.45, 2.75) is 39.5 Å². The molecule has 3 rings (SSSR count). The fraction of sp³-hybridized carbons (Fsp3) is 0.500. The van der Waals surface area contributed by atoms with Crippen LogP contribution in [0.3, 0.4) is 0 Å². The summed E-state index contributed by atoms with van der Waals surface area (Å²) in [6.45, 7) is 5.70. The molecule has 0 bridgehead atoms. The predicted molar refractivity (Wildman–Crippen MR) is 91.5 cm³/mol. The minimum absolute atomic E-state index is 0.0979. The number of amides is 1. The number of carboxylic acid groups (broad SMARTS) is 1. The molecule has 2 aromatic rings. The van der Waals surface area contributed by atoms with Crippen molar-refractivity contribution in [3.8, 4) is 5.88 Å². The fourth-order valence-corrected chi connectivity index (χ4v) is 5.04. The number of carbonyl (C=O) groups excluding carboxylic acids is 1. The number of nitrogens with zero attached hydrogens (tertiary/aromatic N) is 2. The molecule has 0 radical (unpaired) electrons. The first-order valence-corrected chi connectivity index (χ1v) is 8.69. The van der Waals surface area contributed by atoms with Crippen molar-refractivity contribution < 1.29 is 19.8 Å². The lowest BCUT2D eigenvalue weighted by Crippen LogP contribution is -2.35. The maximum atomic E-state index is 12.8. The van der Waals surface area contributed by atoms with E-state index < -0.39 is 35.4 Å². The molecule has 1 unspecified atom stereocenters. The summed E-state index contributed by atoms with van der Waals surface area (Å²) >= 11 is 1.34. The van der Waals surface area contributed by atoms with Crippen LogP contribution in [-0.4, -0.2) is 38.0 Å². The van der Waals surface area contributed by atoms with Crippen LogP contribution in [0.4, 0.5) is 0 Å². The van der Waals surface area contributed by atoms with Crippen LogP contribution in [0, 0.1) is 5.41 Å². The van der Waals surface area contributed by atoms with Crippen LogP contribution in [0.25, 0.3) is 4.96 Å². The average Bonchev–Trinajstić information content (AvgIpc) is 2.81. The Bertz CT molecular complexity index is 943. The number of hydrogen-bond acceptors (Lipinski definition) is 6. The molecule has 0 aliphatic heterocycles. The van der Waals surface area contributed by atoms with Crippen molar-refractivity contribution in [2.24, 2.45) is 5.41 Å². The summed E-state index contributed by atoms with van der Waals surface area (Å²) in [5, 5.41) is 20.8. The van der Waals surface area contributed by atoms with E-state index in [9.17, 15) is 19.5 Å². The summed E-state index contributed by atoms with van der Waals surface area (Å²) in [5.74, 6) is -2.77. The minimum atomic E-state index is -1.24. The van der Waals surface area contributed by atoms with Crippen molar-refractivity contribution in [1.82, 2.24) is 14.7 Å². The van der Waals surface area contributed by atoms with Crippen molar-refractivity contribution >= 4 is 28.2 Å². The molecule has 134 valence electrons. The summed E-state index contributed by atoms with van der Waals surface area (Å²) in [5.41, 5.74) is -0.282. The number of aliphatic carboxylic acids is 1. The predicted octanol–water partition coefficient (Wildman–Crippen LogP) is 1.35. The number of hydrogen-bond donors (Lipinski definition) is 3. The first-order valence-electron chi connectivity index (χ1n) is 7.88. The van der Waals surface area contributed by atoms with Gasteiger partial charge in [-0.2, -0.15) is 4.98 Å². The van der Waals surface area contributed by atoms with Crippen molar-refractivity contribution in [2.75, 3.05) is 6.54 Å². The summed E-state index contributed by atoms with van der Waals surface area (Å²) in [6.07, 6.45) is 1.68. The van der Waals surface area contributed by atoms with E-state index in [0.29, 0.717) is 4.96 Å². The third-order valence-electron chi connectivity index (χ3n) is 4.37. The maximum Gasteiger partial charge on any atom is 0.322 e. The number of carbonyl (C=O) groups is 2. The van der Waals surface area contributed by atoms with E-state index in [0.717, 1.165) is 23.4 Å². The Balaban J connectivity index is 2.17. The van der Waals surface area contributed by atoms with Crippen molar-refractivity contribution in [1.29, 1.82) is 0 Å². The standard InChI is InChI=1S/C16H19N3O5S/c1-7-4-16(2,3)5-8-11(7)19-14(24)10(12(22)17-6-9(20)21)13(23)18-15(19)25-8/h7,23H,4-6H2,1-3H3,(H,17,22)(H,20,21). The molecule has 2 heterocycles. The fourth-order valence-electron chi connectivity index (χ4n) is 3.56. The first kappa shape index (κ1) is 17.4. The summed E-state index contributed by atoms with van der Waals surface area (Å²) in [6, 6.07) is 0. The molecule has 1 aliphatic rings. The monoisotopic (exact) mass is 365 g/mol. The highest BCUT2D eigenvalue weighted by atomic mass is 32.1. The molecule has 1 amide bonds. The lowest BCUT2D eigenvalue weighted by Gasteiger charge is -2.33. The molecule has 0 saturated heterocycles. The van der Waals surface area contributed by atoms with E-state index in [-0.39, 0.29) is 11.3 Å². The van der Waals surface area contributed by atoms with Crippen LogP contribution in [0.1, 0.15) is 54.0 Å². The molecule has 1 atom stereocenters. The van der Waals surface area contributed by atoms with Crippen molar-refractivity contribution in [3.63, 3.8) is 0 Å². The van der Waals surface area contributed by atoms with E-state index in [1.54, 1.807) is 0 Å². The van der Waals surface area contributed by atoms with E-state index in [2.05, 4.69) is 24.1 Å². The second-order valence-corrected chi connectivity index (χ2v) is 8.23. The number of aromatic nitrogens is 2. The first-order chi connectivity index (χ1) is 11.6. The number of carboxylic acids is 1. The van der Waals surface area contributed by atoms with E-state index in [1.807, 2.05) is 6.92 Å².